The van der Waals surface area contributed by atoms with Gasteiger partial charge in [0.15, 0.2) is 0 Å². The van der Waals surface area contributed by atoms with Gasteiger partial charge in [-0.05, 0) is 55.3 Å². The van der Waals surface area contributed by atoms with Gasteiger partial charge in [-0.15, -0.1) is 0 Å². The Kier molecular flexibility index (Phi) is 6.11. The van der Waals surface area contributed by atoms with E-state index in [4.69, 9.17) is 21.1 Å². The molecule has 0 aromatic heterocycles. The predicted molar refractivity (Wildman–Crippen MR) is 130 cm³/mol. The lowest BCUT2D eigenvalue weighted by Crippen LogP contribution is -2.32. The molecule has 0 saturated carbocycles. The Balaban J connectivity index is 1.84. The van der Waals surface area contributed by atoms with Gasteiger partial charge in [0, 0.05) is 5.69 Å². The van der Waals surface area contributed by atoms with Gasteiger partial charge in [-0.25, -0.2) is 4.90 Å². The number of halogens is 1. The summed E-state index contributed by atoms with van der Waals surface area (Å²) in [4.78, 5) is 28.4. The van der Waals surface area contributed by atoms with Crippen LogP contribution >= 0.6 is 11.6 Å². The highest BCUT2D eigenvalue weighted by atomic mass is 35.5. The Morgan fingerprint density at radius 1 is 0.788 bits per heavy atom. The molecule has 0 saturated heterocycles. The molecule has 0 aliphatic carbocycles. The van der Waals surface area contributed by atoms with E-state index < -0.39 is 11.8 Å². The number of hydrogen-bond acceptors (Lipinski definition) is 5. The molecule has 33 heavy (non-hydrogen) atoms. The van der Waals surface area contributed by atoms with E-state index in [1.807, 2.05) is 44.2 Å². The van der Waals surface area contributed by atoms with Gasteiger partial charge in [0.05, 0.1) is 30.5 Å². The molecule has 1 aliphatic heterocycles. The summed E-state index contributed by atoms with van der Waals surface area (Å²) in [5, 5.41) is 3.50. The van der Waals surface area contributed by atoms with Crippen molar-refractivity contribution in [1.82, 2.24) is 0 Å². The maximum absolute atomic E-state index is 13.7. The number of nitrogens with zero attached hydrogens (tertiary/aromatic N) is 1. The fourth-order valence-corrected chi connectivity index (χ4v) is 3.97. The van der Waals surface area contributed by atoms with Crippen LogP contribution in [0.4, 0.5) is 11.4 Å². The van der Waals surface area contributed by atoms with E-state index in [0.717, 1.165) is 16.0 Å². The van der Waals surface area contributed by atoms with Crippen LogP contribution in [-0.2, 0) is 9.59 Å². The Morgan fingerprint density at radius 3 is 2.06 bits per heavy atom. The number of anilines is 2. The van der Waals surface area contributed by atoms with Crippen molar-refractivity contribution in [3.63, 3.8) is 0 Å². The number of methoxy groups -OCH3 is 2. The standard InChI is InChI=1S/C26H23ClN2O4/c1-15-5-8-17(9-6-15)23-24(28-18-10-12-21(32-3)19(27)14-18)26(31)29(25(23)30)20-13-16(2)7-11-22(20)33-4/h5-14,28H,1-4H3. The largest absolute Gasteiger partial charge is 0.495 e. The zero-order valence-corrected chi connectivity index (χ0v) is 19.5. The van der Waals surface area contributed by atoms with Crippen molar-refractivity contribution >= 4 is 40.4 Å². The number of aryl methyl sites for hydroxylation is 2. The molecule has 3 aromatic carbocycles. The van der Waals surface area contributed by atoms with Crippen LogP contribution in [-0.4, -0.2) is 26.0 Å². The molecule has 168 valence electrons. The number of hydrogen-bond donors (Lipinski definition) is 1. The minimum atomic E-state index is -0.480. The molecule has 0 radical (unpaired) electrons. The van der Waals surface area contributed by atoms with Crippen LogP contribution in [0.1, 0.15) is 16.7 Å². The van der Waals surface area contributed by atoms with Crippen molar-refractivity contribution in [3.8, 4) is 11.5 Å². The highest BCUT2D eigenvalue weighted by Gasteiger charge is 2.41. The average molecular weight is 463 g/mol. The Morgan fingerprint density at radius 2 is 1.42 bits per heavy atom. The van der Waals surface area contributed by atoms with Crippen molar-refractivity contribution in [2.24, 2.45) is 0 Å². The van der Waals surface area contributed by atoms with Gasteiger partial charge in [0.1, 0.15) is 17.2 Å². The SMILES string of the molecule is COc1ccc(NC2=C(c3ccc(C)cc3)C(=O)N(c3cc(C)ccc3OC)C2=O)cc1Cl. The molecule has 6 nitrogen and oxygen atoms in total. The number of rotatable bonds is 6. The van der Waals surface area contributed by atoms with Gasteiger partial charge < -0.3 is 14.8 Å². The Hall–Kier alpha value is -3.77. The second-order valence-corrected chi connectivity index (χ2v) is 8.12. The summed E-state index contributed by atoms with van der Waals surface area (Å²) < 4.78 is 10.7. The third-order valence-corrected chi connectivity index (χ3v) is 5.72. The number of ether oxygens (including phenoxy) is 2. The first-order valence-corrected chi connectivity index (χ1v) is 10.7. The van der Waals surface area contributed by atoms with Crippen LogP contribution in [0.25, 0.3) is 5.57 Å². The van der Waals surface area contributed by atoms with E-state index in [-0.39, 0.29) is 11.3 Å². The summed E-state index contributed by atoms with van der Waals surface area (Å²) in [5.74, 6) is 0.0236. The van der Waals surface area contributed by atoms with Crippen LogP contribution in [0.5, 0.6) is 11.5 Å². The third kappa shape index (κ3) is 4.17. The third-order valence-electron chi connectivity index (χ3n) is 5.42. The number of carbonyl (C=O) groups excluding carboxylic acids is 2. The van der Waals surface area contributed by atoms with Crippen molar-refractivity contribution in [1.29, 1.82) is 0 Å². The molecule has 7 heteroatoms. The lowest BCUT2D eigenvalue weighted by molar-refractivity contribution is -0.120. The smallest absolute Gasteiger partial charge is 0.282 e. The maximum atomic E-state index is 13.7. The zero-order chi connectivity index (χ0) is 23.7. The Bertz CT molecular complexity index is 1280. The molecular formula is C26H23ClN2O4. The molecule has 0 fully saturated rings. The number of carbonyl (C=O) groups is 2. The second kappa shape index (κ2) is 9.00. The lowest BCUT2D eigenvalue weighted by atomic mass is 10.0. The number of imide groups is 1. The molecular weight excluding hydrogens is 440 g/mol. The topological polar surface area (TPSA) is 67.9 Å². The quantitative estimate of drug-likeness (QED) is 0.499. The maximum Gasteiger partial charge on any atom is 0.282 e. The first-order chi connectivity index (χ1) is 15.8. The molecule has 1 heterocycles. The summed E-state index contributed by atoms with van der Waals surface area (Å²) >= 11 is 6.27. The van der Waals surface area contributed by atoms with E-state index in [9.17, 15) is 9.59 Å². The zero-order valence-electron chi connectivity index (χ0n) is 18.7. The van der Waals surface area contributed by atoms with Crippen molar-refractivity contribution in [3.05, 3.63) is 88.1 Å². The fraction of sp³-hybridized carbons (Fsp3) is 0.154. The van der Waals surface area contributed by atoms with Crippen LogP contribution < -0.4 is 19.7 Å². The van der Waals surface area contributed by atoms with E-state index in [0.29, 0.717) is 33.5 Å². The minimum absolute atomic E-state index is 0.161. The van der Waals surface area contributed by atoms with Crippen LogP contribution in [0.2, 0.25) is 5.02 Å². The van der Waals surface area contributed by atoms with E-state index in [1.54, 1.807) is 30.3 Å². The first-order valence-electron chi connectivity index (χ1n) is 10.3. The molecule has 0 spiro atoms. The number of amides is 2. The summed E-state index contributed by atoms with van der Waals surface area (Å²) in [6.07, 6.45) is 0. The van der Waals surface area contributed by atoms with E-state index in [1.165, 1.54) is 14.2 Å². The van der Waals surface area contributed by atoms with E-state index in [2.05, 4.69) is 5.32 Å². The highest BCUT2D eigenvalue weighted by Crippen LogP contribution is 2.39. The van der Waals surface area contributed by atoms with Gasteiger partial charge in [-0.1, -0.05) is 47.5 Å². The summed E-state index contributed by atoms with van der Waals surface area (Å²) in [6, 6.07) is 17.9. The summed E-state index contributed by atoms with van der Waals surface area (Å²) in [5.41, 5.74) is 3.96. The van der Waals surface area contributed by atoms with Gasteiger partial charge in [-0.3, -0.25) is 9.59 Å². The monoisotopic (exact) mass is 462 g/mol. The van der Waals surface area contributed by atoms with Gasteiger partial charge >= 0.3 is 0 Å². The molecule has 1 aliphatic rings. The number of nitrogens with one attached hydrogen (secondary N) is 1. The predicted octanol–water partition coefficient (Wildman–Crippen LogP) is 5.37. The van der Waals surface area contributed by atoms with E-state index >= 15 is 0 Å². The molecule has 0 atom stereocenters. The lowest BCUT2D eigenvalue weighted by Gasteiger charge is -2.19. The normalized spacial score (nSPS) is 13.5. The fourth-order valence-electron chi connectivity index (χ4n) is 3.72. The molecule has 3 aromatic rings. The molecule has 1 N–H and O–H groups in total. The van der Waals surface area contributed by atoms with Crippen molar-refractivity contribution in [2.45, 2.75) is 13.8 Å². The average Bonchev–Trinajstić information content (AvgIpc) is 3.03. The molecule has 2 amide bonds. The molecule has 0 unspecified atom stereocenters. The summed E-state index contributed by atoms with van der Waals surface area (Å²) in [6.45, 7) is 3.85. The van der Waals surface area contributed by atoms with Gasteiger partial charge in [-0.2, -0.15) is 0 Å². The number of benzene rings is 3. The van der Waals surface area contributed by atoms with Crippen LogP contribution in [0.3, 0.4) is 0 Å². The van der Waals surface area contributed by atoms with Crippen molar-refractivity contribution in [2.75, 3.05) is 24.4 Å². The molecule has 0 bridgehead atoms. The Labute approximate surface area is 197 Å². The van der Waals surface area contributed by atoms with Gasteiger partial charge in [0.2, 0.25) is 0 Å². The van der Waals surface area contributed by atoms with Gasteiger partial charge in [0.25, 0.3) is 11.8 Å². The highest BCUT2D eigenvalue weighted by molar-refractivity contribution is 6.46. The van der Waals surface area contributed by atoms with Crippen LogP contribution in [0.15, 0.2) is 66.4 Å². The first kappa shape index (κ1) is 22.4. The van der Waals surface area contributed by atoms with Crippen LogP contribution in [0, 0.1) is 13.8 Å². The minimum Gasteiger partial charge on any atom is -0.495 e. The second-order valence-electron chi connectivity index (χ2n) is 7.71. The summed E-state index contributed by atoms with van der Waals surface area (Å²) in [7, 11) is 3.03. The van der Waals surface area contributed by atoms with Crippen molar-refractivity contribution < 1.29 is 19.1 Å². The molecule has 4 rings (SSSR count).